The molecule has 1 aliphatic heterocycles. The minimum Gasteiger partial charge on any atom is -0.459 e. The zero-order valence-corrected chi connectivity index (χ0v) is 22.2. The summed E-state index contributed by atoms with van der Waals surface area (Å²) in [6.45, 7) is 3.21. The lowest BCUT2D eigenvalue weighted by atomic mass is 9.61. The number of nitrogen functional groups attached to an aromatic ring is 1. The van der Waals surface area contributed by atoms with Crippen LogP contribution in [-0.2, 0) is 18.3 Å². The monoisotopic (exact) mass is 516 g/mol. The van der Waals surface area contributed by atoms with E-state index in [0.717, 1.165) is 86.2 Å². The molecule has 1 spiro atoms. The molecule has 0 aromatic carbocycles. The van der Waals surface area contributed by atoms with E-state index in [1.165, 1.54) is 16.9 Å². The lowest BCUT2D eigenvalue weighted by molar-refractivity contribution is 0.112. The molecule has 2 N–H and O–H groups in total. The lowest BCUT2D eigenvalue weighted by Crippen LogP contribution is -2.38. The second kappa shape index (κ2) is 8.53. The number of rotatable bonds is 3. The Balaban J connectivity index is 1.32. The van der Waals surface area contributed by atoms with Crippen molar-refractivity contribution in [2.45, 2.75) is 88.2 Å². The maximum atomic E-state index is 10.0. The van der Waals surface area contributed by atoms with Crippen LogP contribution >= 0.6 is 11.3 Å². The summed E-state index contributed by atoms with van der Waals surface area (Å²) in [4.78, 5) is 13.1. The molecular weight excluding hydrogens is 484 g/mol. The number of fused-ring (bicyclic) bond motifs is 5. The van der Waals surface area contributed by atoms with E-state index in [0.29, 0.717) is 28.5 Å². The van der Waals surface area contributed by atoms with Crippen LogP contribution in [0.15, 0.2) is 10.7 Å². The Morgan fingerprint density at radius 3 is 2.95 bits per heavy atom. The molecule has 0 unspecified atom stereocenters. The molecule has 4 aliphatic rings. The quantitative estimate of drug-likeness (QED) is 0.520. The van der Waals surface area contributed by atoms with E-state index in [1.54, 1.807) is 11.3 Å². The summed E-state index contributed by atoms with van der Waals surface area (Å²) in [5, 5.41) is 15.3. The molecule has 192 valence electrons. The van der Waals surface area contributed by atoms with E-state index >= 15 is 0 Å². The van der Waals surface area contributed by atoms with Crippen LogP contribution in [0.5, 0.6) is 6.01 Å². The fraction of sp³-hybridized carbons (Fsp3) is 0.571. The van der Waals surface area contributed by atoms with Crippen molar-refractivity contribution in [1.29, 1.82) is 5.26 Å². The van der Waals surface area contributed by atoms with Gasteiger partial charge in [0.05, 0.1) is 11.0 Å². The van der Waals surface area contributed by atoms with Crippen LogP contribution in [0.1, 0.15) is 90.7 Å². The Hall–Kier alpha value is -2.96. The summed E-state index contributed by atoms with van der Waals surface area (Å²) in [6, 6.07) is 3.20. The molecule has 1 fully saturated rings. The summed E-state index contributed by atoms with van der Waals surface area (Å²) in [6.07, 6.45) is 11.2. The SMILES string of the molecule is C[C@H](Oc1ncc2c(n1)-c1noc3c1[C@@H](CC2)CC[C@@]31CCCc2sc(N)c(C#N)c21)[C@@H]1CCCN1C. The number of nitrogens with two attached hydrogens (primary N) is 1. The fourth-order valence-electron chi connectivity index (χ4n) is 7.54. The Morgan fingerprint density at radius 2 is 2.14 bits per heavy atom. The van der Waals surface area contributed by atoms with Gasteiger partial charge in [-0.2, -0.15) is 10.2 Å². The average molecular weight is 517 g/mol. The largest absolute Gasteiger partial charge is 0.459 e. The maximum absolute atomic E-state index is 10.0. The predicted octanol–water partition coefficient (Wildman–Crippen LogP) is 4.95. The van der Waals surface area contributed by atoms with Crippen LogP contribution in [0.2, 0.25) is 0 Å². The van der Waals surface area contributed by atoms with E-state index in [2.05, 4.69) is 35.1 Å². The first kappa shape index (κ1) is 23.2. The first-order valence-corrected chi connectivity index (χ1v) is 14.4. The molecule has 0 amide bonds. The van der Waals surface area contributed by atoms with Crippen molar-refractivity contribution in [2.75, 3.05) is 19.3 Å². The molecule has 0 radical (unpaired) electrons. The minimum absolute atomic E-state index is 0.00711. The fourth-order valence-corrected chi connectivity index (χ4v) is 8.70. The molecule has 37 heavy (non-hydrogen) atoms. The summed E-state index contributed by atoms with van der Waals surface area (Å²) >= 11 is 1.57. The molecule has 0 bridgehead atoms. The van der Waals surface area contributed by atoms with Gasteiger partial charge in [-0.1, -0.05) is 5.16 Å². The number of likely N-dealkylation sites (tertiary alicyclic amines) is 1. The molecule has 3 aliphatic carbocycles. The highest BCUT2D eigenvalue weighted by atomic mass is 32.1. The first-order valence-electron chi connectivity index (χ1n) is 13.5. The summed E-state index contributed by atoms with van der Waals surface area (Å²) in [7, 11) is 2.16. The van der Waals surface area contributed by atoms with E-state index in [9.17, 15) is 5.26 Å². The molecular formula is C28H32N6O2S. The van der Waals surface area contributed by atoms with Gasteiger partial charge in [0.25, 0.3) is 0 Å². The van der Waals surface area contributed by atoms with Crippen molar-refractivity contribution in [3.63, 3.8) is 0 Å². The summed E-state index contributed by atoms with van der Waals surface area (Å²) in [5.41, 5.74) is 11.7. The standard InChI is InChI=1S/C28H32N6O2S/c1-15(19-5-4-12-34(19)2)35-27-31-14-17-8-7-16-9-11-28(25-21(16)24(33-36-25)23(17)32-27)10-3-6-20-22(28)18(13-29)26(30)37-20/h14-16,19H,3-12,30H2,1-2H3/t15-,16-,19-,28+/m0/s1. The number of thiophene rings is 1. The van der Waals surface area contributed by atoms with Crippen molar-refractivity contribution in [3.8, 4) is 23.5 Å². The van der Waals surface area contributed by atoms with E-state index < -0.39 is 0 Å². The molecule has 8 nitrogen and oxygen atoms in total. The smallest absolute Gasteiger partial charge is 0.317 e. The number of nitriles is 1. The zero-order chi connectivity index (χ0) is 25.3. The Bertz CT molecular complexity index is 1420. The maximum Gasteiger partial charge on any atom is 0.317 e. The number of ether oxygens (including phenoxy) is 1. The van der Waals surface area contributed by atoms with Gasteiger partial charge in [0.2, 0.25) is 0 Å². The molecule has 4 atom stereocenters. The van der Waals surface area contributed by atoms with Crippen molar-refractivity contribution in [1.82, 2.24) is 20.0 Å². The predicted molar refractivity (Wildman–Crippen MR) is 141 cm³/mol. The van der Waals surface area contributed by atoms with Gasteiger partial charge in [-0.15, -0.1) is 11.3 Å². The number of likely N-dealkylation sites (N-methyl/N-ethyl adjacent to an activating group) is 1. The third-order valence-electron chi connectivity index (χ3n) is 9.34. The number of hydrogen-bond donors (Lipinski definition) is 1. The Labute approximate surface area is 220 Å². The normalized spacial score (nSPS) is 27.2. The van der Waals surface area contributed by atoms with Gasteiger partial charge in [0.15, 0.2) is 5.76 Å². The van der Waals surface area contributed by atoms with Gasteiger partial charge in [-0.25, -0.2) is 4.98 Å². The van der Waals surface area contributed by atoms with Gasteiger partial charge >= 0.3 is 6.01 Å². The van der Waals surface area contributed by atoms with Gasteiger partial charge in [0.1, 0.15) is 28.6 Å². The molecule has 1 saturated heterocycles. The van der Waals surface area contributed by atoms with Crippen LogP contribution in [0.25, 0.3) is 11.4 Å². The van der Waals surface area contributed by atoms with E-state index in [4.69, 9.17) is 20.0 Å². The second-order valence-electron chi connectivity index (χ2n) is 11.3. The molecule has 9 heteroatoms. The van der Waals surface area contributed by atoms with Crippen LogP contribution in [0, 0.1) is 11.3 Å². The number of hydrogen-bond acceptors (Lipinski definition) is 9. The molecule has 3 aromatic heterocycles. The Kier molecular flexibility index (Phi) is 5.35. The molecule has 4 heterocycles. The van der Waals surface area contributed by atoms with Crippen molar-refractivity contribution in [3.05, 3.63) is 39.1 Å². The van der Waals surface area contributed by atoms with E-state index in [1.807, 2.05) is 6.20 Å². The highest BCUT2D eigenvalue weighted by Gasteiger charge is 2.51. The van der Waals surface area contributed by atoms with E-state index in [-0.39, 0.29) is 11.5 Å². The number of nitrogens with zero attached hydrogens (tertiary/aromatic N) is 5. The highest BCUT2D eigenvalue weighted by Crippen LogP contribution is 2.58. The zero-order valence-electron chi connectivity index (χ0n) is 21.4. The number of aryl methyl sites for hydroxylation is 2. The third-order valence-corrected chi connectivity index (χ3v) is 10.4. The van der Waals surface area contributed by atoms with Crippen LogP contribution in [0.4, 0.5) is 5.00 Å². The third kappa shape index (κ3) is 3.38. The first-order chi connectivity index (χ1) is 18.0. The Morgan fingerprint density at radius 1 is 1.24 bits per heavy atom. The van der Waals surface area contributed by atoms with Gasteiger partial charge in [-0.05, 0) is 95.3 Å². The molecule has 7 rings (SSSR count). The lowest BCUT2D eigenvalue weighted by Gasteiger charge is -2.41. The molecule has 0 saturated carbocycles. The van der Waals surface area contributed by atoms with Crippen LogP contribution in [0.3, 0.4) is 0 Å². The highest BCUT2D eigenvalue weighted by molar-refractivity contribution is 7.16. The van der Waals surface area contributed by atoms with Gasteiger partial charge in [-0.3, -0.25) is 4.90 Å². The average Bonchev–Trinajstić information content (AvgIpc) is 3.59. The summed E-state index contributed by atoms with van der Waals surface area (Å²) < 4.78 is 12.6. The van der Waals surface area contributed by atoms with Crippen LogP contribution < -0.4 is 10.5 Å². The van der Waals surface area contributed by atoms with Crippen molar-refractivity contribution < 1.29 is 9.26 Å². The minimum atomic E-state index is -0.331. The van der Waals surface area contributed by atoms with Crippen molar-refractivity contribution >= 4 is 16.3 Å². The summed E-state index contributed by atoms with van der Waals surface area (Å²) in [5.74, 6) is 1.29. The number of aromatic nitrogens is 3. The van der Waals surface area contributed by atoms with Gasteiger partial charge < -0.3 is 15.0 Å². The second-order valence-corrected chi connectivity index (χ2v) is 12.4. The topological polar surface area (TPSA) is 114 Å². The van der Waals surface area contributed by atoms with Gasteiger partial charge in [0, 0.05) is 22.7 Å². The van der Waals surface area contributed by atoms with Crippen molar-refractivity contribution in [2.24, 2.45) is 0 Å². The molecule has 3 aromatic rings. The van der Waals surface area contributed by atoms with Crippen LogP contribution in [-0.4, -0.2) is 45.8 Å². The number of anilines is 1.